The summed E-state index contributed by atoms with van der Waals surface area (Å²) in [7, 11) is 0. The number of H-pyrrole nitrogens is 1. The highest BCUT2D eigenvalue weighted by Crippen LogP contribution is 2.25. The van der Waals surface area contributed by atoms with Gasteiger partial charge in [0.2, 0.25) is 5.91 Å². The molecule has 2 aliphatic rings. The molecule has 5 nitrogen and oxygen atoms in total. The Labute approximate surface area is 154 Å². The Balaban J connectivity index is 1.25. The van der Waals surface area contributed by atoms with Crippen molar-refractivity contribution in [2.45, 2.75) is 19.3 Å². The van der Waals surface area contributed by atoms with Gasteiger partial charge in [0.05, 0.1) is 12.0 Å². The maximum absolute atomic E-state index is 12.8. The van der Waals surface area contributed by atoms with Gasteiger partial charge >= 0.3 is 0 Å². The number of aromatic amines is 1. The van der Waals surface area contributed by atoms with Gasteiger partial charge in [0.15, 0.2) is 0 Å². The molecule has 26 heavy (non-hydrogen) atoms. The van der Waals surface area contributed by atoms with E-state index in [9.17, 15) is 4.79 Å². The number of aromatic nitrogens is 2. The zero-order valence-corrected chi connectivity index (χ0v) is 15.1. The molecule has 1 fully saturated rings. The Hall–Kier alpha value is -2.40. The van der Waals surface area contributed by atoms with Crippen molar-refractivity contribution in [2.75, 3.05) is 32.7 Å². The monoisotopic (exact) mass is 350 g/mol. The summed E-state index contributed by atoms with van der Waals surface area (Å²) >= 11 is 0. The molecular formula is C21H26N4O. The molecule has 0 bridgehead atoms. The van der Waals surface area contributed by atoms with E-state index >= 15 is 0 Å². The normalized spacial score (nSPS) is 21.1. The zero-order valence-electron chi connectivity index (χ0n) is 15.1. The first kappa shape index (κ1) is 17.0. The number of piperazine rings is 1. The van der Waals surface area contributed by atoms with Gasteiger partial charge in [0, 0.05) is 50.8 Å². The van der Waals surface area contributed by atoms with Crippen LogP contribution in [-0.2, 0) is 17.6 Å². The Bertz CT molecular complexity index is 759. The van der Waals surface area contributed by atoms with Crippen LogP contribution in [0, 0.1) is 5.92 Å². The van der Waals surface area contributed by atoms with Crippen LogP contribution in [0.15, 0.2) is 42.7 Å². The molecule has 1 aliphatic carbocycles. The number of carbonyl (C=O) groups is 1. The fourth-order valence-corrected chi connectivity index (χ4v) is 3.92. The summed E-state index contributed by atoms with van der Waals surface area (Å²) in [6.45, 7) is 4.52. The summed E-state index contributed by atoms with van der Waals surface area (Å²) in [5, 5.41) is 0. The molecule has 0 unspecified atom stereocenters. The van der Waals surface area contributed by atoms with E-state index in [4.69, 9.17) is 0 Å². The standard InChI is InChI=1S/C21H26N4O/c26-21(18-8-9-19-20(15-18)23-16-22-19)25-13-11-24(12-14-25)10-4-7-17-5-2-1-3-6-17/h1-7,16,18H,8-15H2,(H,22,23)/b7-4+/t18-/m0/s1. The minimum absolute atomic E-state index is 0.118. The fourth-order valence-electron chi connectivity index (χ4n) is 3.92. The second-order valence-electron chi connectivity index (χ2n) is 7.21. The van der Waals surface area contributed by atoms with Gasteiger partial charge in [-0.05, 0) is 18.4 Å². The lowest BCUT2D eigenvalue weighted by Crippen LogP contribution is -2.50. The third-order valence-corrected chi connectivity index (χ3v) is 5.49. The van der Waals surface area contributed by atoms with Crippen LogP contribution >= 0.6 is 0 Å². The topological polar surface area (TPSA) is 52.2 Å². The minimum Gasteiger partial charge on any atom is -0.348 e. The summed E-state index contributed by atoms with van der Waals surface area (Å²) in [6.07, 6.45) is 8.79. The Kier molecular flexibility index (Phi) is 5.16. The number of aryl methyl sites for hydroxylation is 1. The maximum atomic E-state index is 12.8. The van der Waals surface area contributed by atoms with Crippen molar-refractivity contribution in [2.24, 2.45) is 5.92 Å². The summed E-state index contributed by atoms with van der Waals surface area (Å²) in [4.78, 5) is 24.8. The van der Waals surface area contributed by atoms with Crippen molar-refractivity contribution >= 4 is 12.0 Å². The first-order valence-electron chi connectivity index (χ1n) is 9.53. The van der Waals surface area contributed by atoms with Crippen molar-refractivity contribution in [1.82, 2.24) is 19.8 Å². The number of rotatable bonds is 4. The van der Waals surface area contributed by atoms with E-state index in [-0.39, 0.29) is 5.92 Å². The molecular weight excluding hydrogens is 324 g/mol. The highest BCUT2D eigenvalue weighted by Gasteiger charge is 2.30. The molecule has 1 aliphatic heterocycles. The number of amides is 1. The molecule has 136 valence electrons. The third kappa shape index (κ3) is 3.88. The van der Waals surface area contributed by atoms with Crippen molar-refractivity contribution in [3.8, 4) is 0 Å². The van der Waals surface area contributed by atoms with Crippen LogP contribution in [0.1, 0.15) is 23.4 Å². The molecule has 1 saturated heterocycles. The van der Waals surface area contributed by atoms with Gasteiger partial charge in [-0.2, -0.15) is 0 Å². The van der Waals surface area contributed by atoms with Gasteiger partial charge in [0.25, 0.3) is 0 Å². The third-order valence-electron chi connectivity index (χ3n) is 5.49. The number of hydrogen-bond donors (Lipinski definition) is 1. The first-order chi connectivity index (χ1) is 12.8. The molecule has 2 aromatic rings. The van der Waals surface area contributed by atoms with E-state index in [0.717, 1.165) is 63.4 Å². The number of benzene rings is 1. The second-order valence-corrected chi connectivity index (χ2v) is 7.21. The summed E-state index contributed by atoms with van der Waals surface area (Å²) in [5.74, 6) is 0.442. The lowest BCUT2D eigenvalue weighted by atomic mass is 9.88. The van der Waals surface area contributed by atoms with E-state index in [0.29, 0.717) is 5.91 Å². The predicted octanol–water partition coefficient (Wildman–Crippen LogP) is 2.37. The number of fused-ring (bicyclic) bond motifs is 1. The van der Waals surface area contributed by atoms with Crippen molar-refractivity contribution in [3.05, 3.63) is 59.7 Å². The van der Waals surface area contributed by atoms with Gasteiger partial charge < -0.3 is 9.88 Å². The molecule has 2 heterocycles. The van der Waals surface area contributed by atoms with E-state index < -0.39 is 0 Å². The van der Waals surface area contributed by atoms with Crippen LogP contribution < -0.4 is 0 Å². The SMILES string of the molecule is O=C([C@H]1CCc2nc[nH]c2C1)N1CCN(C/C=C/c2ccccc2)CC1. The van der Waals surface area contributed by atoms with E-state index in [2.05, 4.69) is 56.2 Å². The van der Waals surface area contributed by atoms with Crippen LogP contribution in [0.5, 0.6) is 0 Å². The molecule has 0 saturated carbocycles. The molecule has 1 N–H and O–H groups in total. The quantitative estimate of drug-likeness (QED) is 0.921. The summed E-state index contributed by atoms with van der Waals surface area (Å²) < 4.78 is 0. The van der Waals surface area contributed by atoms with Gasteiger partial charge in [0.1, 0.15) is 0 Å². The van der Waals surface area contributed by atoms with Crippen molar-refractivity contribution in [1.29, 1.82) is 0 Å². The average Bonchev–Trinajstić information content (AvgIpc) is 3.17. The van der Waals surface area contributed by atoms with Gasteiger partial charge in [-0.25, -0.2) is 4.98 Å². The van der Waals surface area contributed by atoms with E-state index in [1.807, 2.05) is 6.07 Å². The number of hydrogen-bond acceptors (Lipinski definition) is 3. The van der Waals surface area contributed by atoms with E-state index in [1.54, 1.807) is 6.33 Å². The predicted molar refractivity (Wildman–Crippen MR) is 103 cm³/mol. The minimum atomic E-state index is 0.118. The van der Waals surface area contributed by atoms with Crippen LogP contribution in [0.2, 0.25) is 0 Å². The molecule has 1 atom stereocenters. The number of imidazole rings is 1. The smallest absolute Gasteiger partial charge is 0.226 e. The zero-order chi connectivity index (χ0) is 17.8. The largest absolute Gasteiger partial charge is 0.348 e. The molecule has 0 spiro atoms. The lowest BCUT2D eigenvalue weighted by Gasteiger charge is -2.36. The summed E-state index contributed by atoms with van der Waals surface area (Å²) in [5.41, 5.74) is 3.53. The van der Waals surface area contributed by atoms with Crippen molar-refractivity contribution in [3.63, 3.8) is 0 Å². The molecule has 4 rings (SSSR count). The molecule has 1 aromatic carbocycles. The highest BCUT2D eigenvalue weighted by atomic mass is 16.2. The average molecular weight is 350 g/mol. The fraction of sp³-hybridized carbons (Fsp3) is 0.429. The maximum Gasteiger partial charge on any atom is 0.226 e. The molecule has 0 radical (unpaired) electrons. The number of nitrogens with zero attached hydrogens (tertiary/aromatic N) is 3. The van der Waals surface area contributed by atoms with Crippen LogP contribution in [0.25, 0.3) is 6.08 Å². The van der Waals surface area contributed by atoms with Crippen LogP contribution in [0.3, 0.4) is 0 Å². The molecule has 1 aromatic heterocycles. The first-order valence-corrected chi connectivity index (χ1v) is 9.53. The Morgan fingerprint density at radius 1 is 1.19 bits per heavy atom. The van der Waals surface area contributed by atoms with Gasteiger partial charge in [-0.15, -0.1) is 0 Å². The number of nitrogens with one attached hydrogen (secondary N) is 1. The van der Waals surface area contributed by atoms with Gasteiger partial charge in [-0.1, -0.05) is 42.5 Å². The van der Waals surface area contributed by atoms with Gasteiger partial charge in [-0.3, -0.25) is 9.69 Å². The van der Waals surface area contributed by atoms with Crippen molar-refractivity contribution < 1.29 is 4.79 Å². The Morgan fingerprint density at radius 2 is 2.00 bits per heavy atom. The van der Waals surface area contributed by atoms with E-state index in [1.165, 1.54) is 5.56 Å². The van der Waals surface area contributed by atoms with Crippen LogP contribution in [-0.4, -0.2) is 58.4 Å². The molecule has 1 amide bonds. The second kappa shape index (κ2) is 7.87. The van der Waals surface area contributed by atoms with Crippen LogP contribution in [0.4, 0.5) is 0 Å². The highest BCUT2D eigenvalue weighted by molar-refractivity contribution is 5.79. The lowest BCUT2D eigenvalue weighted by molar-refractivity contribution is -0.137. The number of carbonyl (C=O) groups excluding carboxylic acids is 1. The molecule has 5 heteroatoms. The summed E-state index contributed by atoms with van der Waals surface area (Å²) in [6, 6.07) is 10.4. The Morgan fingerprint density at radius 3 is 2.81 bits per heavy atom.